The highest BCUT2D eigenvalue weighted by atomic mass is 79.9. The van der Waals surface area contributed by atoms with Crippen LogP contribution in [0.4, 0.5) is 0 Å². The van der Waals surface area contributed by atoms with Gasteiger partial charge >= 0.3 is 0 Å². The smallest absolute Gasteiger partial charge is 0.220 e. The summed E-state index contributed by atoms with van der Waals surface area (Å²) in [6.45, 7) is 0.410. The van der Waals surface area contributed by atoms with Crippen molar-refractivity contribution in [3.05, 3.63) is 75.7 Å². The Morgan fingerprint density at radius 1 is 1.20 bits per heavy atom. The Bertz CT molecular complexity index is 879. The fourth-order valence-electron chi connectivity index (χ4n) is 2.35. The molecule has 0 aliphatic heterocycles. The van der Waals surface area contributed by atoms with E-state index in [1.807, 2.05) is 42.5 Å². The molecule has 0 bridgehead atoms. The van der Waals surface area contributed by atoms with Crippen molar-refractivity contribution in [2.45, 2.75) is 19.4 Å². The minimum atomic E-state index is -0.0675. The van der Waals surface area contributed by atoms with Crippen molar-refractivity contribution in [2.24, 2.45) is 0 Å². The normalized spacial score (nSPS) is 10.6. The number of aromatic nitrogens is 1. The second-order valence-corrected chi connectivity index (χ2v) is 6.82. The van der Waals surface area contributed by atoms with Crippen LogP contribution in [-0.2, 0) is 17.8 Å². The Kier molecular flexibility index (Phi) is 5.89. The molecule has 1 aromatic heterocycles. The monoisotopic (exact) mass is 418 g/mol. The minimum Gasteiger partial charge on any atom is -0.441 e. The lowest BCUT2D eigenvalue weighted by molar-refractivity contribution is -0.121. The Hall–Kier alpha value is -2.11. The van der Waals surface area contributed by atoms with Gasteiger partial charge in [0.05, 0.1) is 6.20 Å². The van der Waals surface area contributed by atoms with Crippen LogP contribution in [-0.4, -0.2) is 10.9 Å². The number of benzene rings is 2. The summed E-state index contributed by atoms with van der Waals surface area (Å²) < 4.78 is 6.70. The molecule has 1 heterocycles. The van der Waals surface area contributed by atoms with Gasteiger partial charge in [-0.2, -0.15) is 0 Å². The number of rotatable bonds is 6. The topological polar surface area (TPSA) is 55.1 Å². The fourth-order valence-corrected chi connectivity index (χ4v) is 2.95. The first-order valence-corrected chi connectivity index (χ1v) is 8.99. The molecular formula is C19H16BrClN2O2. The maximum Gasteiger partial charge on any atom is 0.220 e. The van der Waals surface area contributed by atoms with Gasteiger partial charge in [-0.15, -0.1) is 0 Å². The molecule has 3 rings (SSSR count). The van der Waals surface area contributed by atoms with Crippen LogP contribution < -0.4 is 5.32 Å². The molecule has 0 saturated heterocycles. The molecule has 0 aliphatic carbocycles. The third-order valence-electron chi connectivity index (χ3n) is 3.66. The SMILES string of the molecule is O=C(CCc1ncc(-c2cccc(Br)c2)o1)NCc1ccccc1Cl. The van der Waals surface area contributed by atoms with Gasteiger partial charge in [0, 0.05) is 34.4 Å². The molecule has 1 amide bonds. The van der Waals surface area contributed by atoms with Crippen LogP contribution in [0.25, 0.3) is 11.3 Å². The Morgan fingerprint density at radius 2 is 2.04 bits per heavy atom. The molecule has 128 valence electrons. The number of hydrogen-bond donors (Lipinski definition) is 1. The van der Waals surface area contributed by atoms with Crippen molar-refractivity contribution >= 4 is 33.4 Å². The number of halogens is 2. The van der Waals surface area contributed by atoms with E-state index in [9.17, 15) is 4.79 Å². The number of amides is 1. The zero-order valence-corrected chi connectivity index (χ0v) is 15.7. The summed E-state index contributed by atoms with van der Waals surface area (Å²) in [6.07, 6.45) is 2.43. The van der Waals surface area contributed by atoms with Crippen LogP contribution in [0.15, 0.2) is 63.6 Å². The first kappa shape index (κ1) is 17.7. The van der Waals surface area contributed by atoms with E-state index < -0.39 is 0 Å². The standard InChI is InChI=1S/C19H16BrClN2O2/c20-15-6-3-5-13(10-15)17-12-23-19(25-17)9-8-18(24)22-11-14-4-1-2-7-16(14)21/h1-7,10,12H,8-9,11H2,(H,22,24). The number of nitrogens with zero attached hydrogens (tertiary/aromatic N) is 1. The van der Waals surface area contributed by atoms with Crippen LogP contribution in [0.2, 0.25) is 5.02 Å². The van der Waals surface area contributed by atoms with Gasteiger partial charge in [-0.05, 0) is 23.8 Å². The molecule has 6 heteroatoms. The molecule has 0 fully saturated rings. The predicted molar refractivity (Wildman–Crippen MR) is 101 cm³/mol. The van der Waals surface area contributed by atoms with Gasteiger partial charge in [0.2, 0.25) is 5.91 Å². The highest BCUT2D eigenvalue weighted by Crippen LogP contribution is 2.24. The summed E-state index contributed by atoms with van der Waals surface area (Å²) in [5, 5.41) is 3.50. The van der Waals surface area contributed by atoms with E-state index in [0.29, 0.717) is 36.1 Å². The molecule has 0 unspecified atom stereocenters. The quantitative estimate of drug-likeness (QED) is 0.611. The molecule has 0 saturated carbocycles. The molecule has 0 aliphatic rings. The summed E-state index contributed by atoms with van der Waals surface area (Å²) in [7, 11) is 0. The molecule has 0 spiro atoms. The van der Waals surface area contributed by atoms with Gasteiger partial charge in [-0.3, -0.25) is 4.79 Å². The highest BCUT2D eigenvalue weighted by Gasteiger charge is 2.10. The van der Waals surface area contributed by atoms with Crippen LogP contribution in [0.3, 0.4) is 0 Å². The summed E-state index contributed by atoms with van der Waals surface area (Å²) in [4.78, 5) is 16.2. The summed E-state index contributed by atoms with van der Waals surface area (Å²) in [5.41, 5.74) is 1.84. The van der Waals surface area contributed by atoms with Crippen LogP contribution in [0.1, 0.15) is 17.9 Å². The number of nitrogens with one attached hydrogen (secondary N) is 1. The van der Waals surface area contributed by atoms with Gasteiger partial charge in [-0.1, -0.05) is 57.9 Å². The van der Waals surface area contributed by atoms with Crippen molar-refractivity contribution in [1.82, 2.24) is 10.3 Å². The number of hydrogen-bond acceptors (Lipinski definition) is 3. The van der Waals surface area contributed by atoms with Crippen molar-refractivity contribution in [2.75, 3.05) is 0 Å². The Morgan fingerprint density at radius 3 is 2.84 bits per heavy atom. The minimum absolute atomic E-state index is 0.0675. The van der Waals surface area contributed by atoms with Crippen molar-refractivity contribution in [3.63, 3.8) is 0 Å². The number of aryl methyl sites for hydroxylation is 1. The Balaban J connectivity index is 1.52. The second-order valence-electron chi connectivity index (χ2n) is 5.50. The van der Waals surface area contributed by atoms with Gasteiger partial charge in [-0.25, -0.2) is 4.98 Å². The van der Waals surface area contributed by atoms with Gasteiger partial charge in [0.25, 0.3) is 0 Å². The lowest BCUT2D eigenvalue weighted by atomic mass is 10.2. The van der Waals surface area contributed by atoms with Crippen LogP contribution >= 0.6 is 27.5 Å². The molecule has 25 heavy (non-hydrogen) atoms. The zero-order chi connectivity index (χ0) is 17.6. The lowest BCUT2D eigenvalue weighted by Crippen LogP contribution is -2.23. The average Bonchev–Trinajstić information content (AvgIpc) is 3.08. The average molecular weight is 420 g/mol. The number of carbonyl (C=O) groups excluding carboxylic acids is 1. The first-order chi connectivity index (χ1) is 12.1. The third kappa shape index (κ3) is 4.94. The van der Waals surface area contributed by atoms with Crippen molar-refractivity contribution < 1.29 is 9.21 Å². The maximum absolute atomic E-state index is 12.0. The second kappa shape index (κ2) is 8.32. The van der Waals surface area contributed by atoms with E-state index in [1.165, 1.54) is 0 Å². The number of oxazole rings is 1. The van der Waals surface area contributed by atoms with E-state index in [2.05, 4.69) is 26.2 Å². The molecule has 0 radical (unpaired) electrons. The Labute approximate surface area is 159 Å². The highest BCUT2D eigenvalue weighted by molar-refractivity contribution is 9.10. The van der Waals surface area contributed by atoms with Crippen molar-refractivity contribution in [1.29, 1.82) is 0 Å². The lowest BCUT2D eigenvalue weighted by Gasteiger charge is -2.06. The van der Waals surface area contributed by atoms with E-state index in [4.69, 9.17) is 16.0 Å². The van der Waals surface area contributed by atoms with Gasteiger partial charge in [0.15, 0.2) is 11.7 Å². The van der Waals surface area contributed by atoms with E-state index >= 15 is 0 Å². The first-order valence-electron chi connectivity index (χ1n) is 7.82. The van der Waals surface area contributed by atoms with Crippen LogP contribution in [0, 0.1) is 0 Å². The third-order valence-corrected chi connectivity index (χ3v) is 4.52. The molecular weight excluding hydrogens is 404 g/mol. The molecule has 3 aromatic rings. The molecule has 0 atom stereocenters. The summed E-state index contributed by atoms with van der Waals surface area (Å²) in [5.74, 6) is 1.16. The predicted octanol–water partition coefficient (Wildman–Crippen LogP) is 5.01. The fraction of sp³-hybridized carbons (Fsp3) is 0.158. The molecule has 4 nitrogen and oxygen atoms in total. The summed E-state index contributed by atoms with van der Waals surface area (Å²) in [6, 6.07) is 15.2. The largest absolute Gasteiger partial charge is 0.441 e. The van der Waals surface area contributed by atoms with E-state index in [-0.39, 0.29) is 5.91 Å². The van der Waals surface area contributed by atoms with Crippen molar-refractivity contribution in [3.8, 4) is 11.3 Å². The summed E-state index contributed by atoms with van der Waals surface area (Å²) >= 11 is 9.51. The number of carbonyl (C=O) groups is 1. The van der Waals surface area contributed by atoms with E-state index in [1.54, 1.807) is 12.3 Å². The molecule has 2 aromatic carbocycles. The van der Waals surface area contributed by atoms with Gasteiger partial charge < -0.3 is 9.73 Å². The maximum atomic E-state index is 12.0. The zero-order valence-electron chi connectivity index (χ0n) is 13.3. The van der Waals surface area contributed by atoms with E-state index in [0.717, 1.165) is 15.6 Å². The molecule has 1 N–H and O–H groups in total. The van der Waals surface area contributed by atoms with Gasteiger partial charge in [0.1, 0.15) is 0 Å². The van der Waals surface area contributed by atoms with Crippen LogP contribution in [0.5, 0.6) is 0 Å².